The molecule has 0 aromatic rings. The summed E-state index contributed by atoms with van der Waals surface area (Å²) in [4.78, 5) is 10.4. The highest BCUT2D eigenvalue weighted by Crippen LogP contribution is 2.01. The zero-order chi connectivity index (χ0) is 7.98. The van der Waals surface area contributed by atoms with E-state index in [1.54, 1.807) is 6.92 Å². The van der Waals surface area contributed by atoms with Gasteiger partial charge < -0.3 is 9.84 Å². The van der Waals surface area contributed by atoms with Crippen molar-refractivity contribution in [3.05, 3.63) is 0 Å². The molecule has 0 amide bonds. The summed E-state index contributed by atoms with van der Waals surface area (Å²) in [5, 5.41) is 8.51. The maximum Gasteiger partial charge on any atom is 0.332 e. The third-order valence-corrected chi connectivity index (χ3v) is 1.19. The van der Waals surface area contributed by atoms with Crippen LogP contribution in [0.25, 0.3) is 0 Å². The van der Waals surface area contributed by atoms with Gasteiger partial charge in [-0.3, -0.25) is 0 Å². The number of hydrogen-bond donors (Lipinski definition) is 1. The molecule has 0 heterocycles. The van der Waals surface area contributed by atoms with Crippen LogP contribution in [0.3, 0.4) is 0 Å². The number of ether oxygens (including phenoxy) is 1. The first-order valence-electron chi connectivity index (χ1n) is 3.56. The molecule has 1 atom stereocenters. The van der Waals surface area contributed by atoms with E-state index in [1.165, 1.54) is 0 Å². The summed E-state index contributed by atoms with van der Waals surface area (Å²) in [5.41, 5.74) is 0. The van der Waals surface area contributed by atoms with Gasteiger partial charge in [0.1, 0.15) is 0 Å². The van der Waals surface area contributed by atoms with Gasteiger partial charge in [-0.1, -0.05) is 13.3 Å². The quantitative estimate of drug-likeness (QED) is 0.635. The highest BCUT2D eigenvalue weighted by molar-refractivity contribution is 5.72. The molecule has 3 heteroatoms. The van der Waals surface area contributed by atoms with E-state index in [0.717, 1.165) is 6.42 Å². The zero-order valence-corrected chi connectivity index (χ0v) is 6.46. The molecule has 1 N–H and O–H groups in total. The number of hydrogen-bond acceptors (Lipinski definition) is 2. The third kappa shape index (κ3) is 3.45. The fraction of sp³-hybridized carbons (Fsp3) is 0.857. The molecule has 0 aliphatic rings. The summed E-state index contributed by atoms with van der Waals surface area (Å²) >= 11 is 0. The lowest BCUT2D eigenvalue weighted by Gasteiger charge is -2.09. The second-order valence-electron chi connectivity index (χ2n) is 2.07. The van der Waals surface area contributed by atoms with Crippen molar-refractivity contribution in [1.29, 1.82) is 0 Å². The van der Waals surface area contributed by atoms with Crippen LogP contribution >= 0.6 is 0 Å². The maximum absolute atomic E-state index is 10.4. The average Bonchev–Trinajstić information content (AvgIpc) is 1.87. The number of rotatable bonds is 5. The molecule has 60 valence electrons. The summed E-state index contributed by atoms with van der Waals surface area (Å²) in [6, 6.07) is 0. The molecule has 10 heavy (non-hydrogen) atoms. The lowest BCUT2D eigenvalue weighted by Crippen LogP contribution is -2.23. The van der Waals surface area contributed by atoms with E-state index in [1.807, 2.05) is 6.92 Å². The van der Waals surface area contributed by atoms with Crippen LogP contribution in [0.1, 0.15) is 26.7 Å². The average molecular weight is 146 g/mol. The van der Waals surface area contributed by atoms with Crippen molar-refractivity contribution in [3.8, 4) is 0 Å². The lowest BCUT2D eigenvalue weighted by molar-refractivity contribution is -0.150. The van der Waals surface area contributed by atoms with Crippen LogP contribution in [0.15, 0.2) is 0 Å². The van der Waals surface area contributed by atoms with E-state index in [4.69, 9.17) is 9.84 Å². The zero-order valence-electron chi connectivity index (χ0n) is 6.46. The van der Waals surface area contributed by atoms with Crippen LogP contribution in [-0.4, -0.2) is 23.8 Å². The SMILES string of the molecule is CCC[C@@H](OCC)C(=O)O. The minimum atomic E-state index is -0.858. The van der Waals surface area contributed by atoms with Crippen LogP contribution in [-0.2, 0) is 9.53 Å². The van der Waals surface area contributed by atoms with Crippen LogP contribution in [0, 0.1) is 0 Å². The van der Waals surface area contributed by atoms with Gasteiger partial charge in [0.05, 0.1) is 0 Å². The highest BCUT2D eigenvalue weighted by Gasteiger charge is 2.14. The molecule has 0 aromatic carbocycles. The molecular formula is C7H14O3. The third-order valence-electron chi connectivity index (χ3n) is 1.19. The topological polar surface area (TPSA) is 46.5 Å². The number of carbonyl (C=O) groups is 1. The number of carboxylic acid groups (broad SMARTS) is 1. The minimum absolute atomic E-state index is 0.469. The van der Waals surface area contributed by atoms with E-state index in [-0.39, 0.29) is 0 Å². The van der Waals surface area contributed by atoms with Gasteiger partial charge in [-0.05, 0) is 13.3 Å². The number of aliphatic carboxylic acids is 1. The summed E-state index contributed by atoms with van der Waals surface area (Å²) in [6.07, 6.45) is 0.843. The minimum Gasteiger partial charge on any atom is -0.479 e. The van der Waals surface area contributed by atoms with Gasteiger partial charge in [0.25, 0.3) is 0 Å². The predicted octanol–water partition coefficient (Wildman–Crippen LogP) is 1.28. The molecule has 0 spiro atoms. The molecule has 0 fully saturated rings. The Kier molecular flexibility index (Phi) is 4.94. The molecule has 0 saturated heterocycles. The smallest absolute Gasteiger partial charge is 0.332 e. The summed E-state index contributed by atoms with van der Waals surface area (Å²) in [7, 11) is 0. The highest BCUT2D eigenvalue weighted by atomic mass is 16.5. The Morgan fingerprint density at radius 1 is 1.60 bits per heavy atom. The molecule has 0 radical (unpaired) electrons. The Labute approximate surface area is 61.0 Å². The Morgan fingerprint density at radius 3 is 2.50 bits per heavy atom. The summed E-state index contributed by atoms with van der Waals surface area (Å²) in [6.45, 7) is 4.21. The number of carboxylic acids is 1. The van der Waals surface area contributed by atoms with E-state index in [0.29, 0.717) is 13.0 Å². The fourth-order valence-electron chi connectivity index (χ4n) is 0.741. The summed E-state index contributed by atoms with van der Waals surface area (Å²) in [5.74, 6) is -0.858. The van der Waals surface area contributed by atoms with Gasteiger partial charge in [0.2, 0.25) is 0 Å². The monoisotopic (exact) mass is 146 g/mol. The molecule has 0 aliphatic carbocycles. The van der Waals surface area contributed by atoms with Gasteiger partial charge in [-0.15, -0.1) is 0 Å². The van der Waals surface area contributed by atoms with Crippen LogP contribution in [0.4, 0.5) is 0 Å². The molecule has 0 rings (SSSR count). The van der Waals surface area contributed by atoms with Gasteiger partial charge in [0.15, 0.2) is 6.10 Å². The Hall–Kier alpha value is -0.570. The molecule has 0 aliphatic heterocycles. The van der Waals surface area contributed by atoms with Crippen molar-refractivity contribution in [2.75, 3.05) is 6.61 Å². The van der Waals surface area contributed by atoms with E-state index in [9.17, 15) is 4.79 Å². The first-order chi connectivity index (χ1) is 4.72. The van der Waals surface area contributed by atoms with Gasteiger partial charge in [-0.2, -0.15) is 0 Å². The molecule has 3 nitrogen and oxygen atoms in total. The van der Waals surface area contributed by atoms with Gasteiger partial charge in [0, 0.05) is 6.61 Å². The summed E-state index contributed by atoms with van der Waals surface area (Å²) < 4.78 is 4.94. The lowest BCUT2D eigenvalue weighted by atomic mass is 10.2. The van der Waals surface area contributed by atoms with Crippen molar-refractivity contribution >= 4 is 5.97 Å². The Bertz CT molecular complexity index is 95.0. The van der Waals surface area contributed by atoms with E-state index >= 15 is 0 Å². The predicted molar refractivity (Wildman–Crippen MR) is 38.0 cm³/mol. The Balaban J connectivity index is 3.61. The first-order valence-corrected chi connectivity index (χ1v) is 3.56. The van der Waals surface area contributed by atoms with E-state index in [2.05, 4.69) is 0 Å². The van der Waals surface area contributed by atoms with Gasteiger partial charge >= 0.3 is 5.97 Å². The Morgan fingerprint density at radius 2 is 2.20 bits per heavy atom. The van der Waals surface area contributed by atoms with E-state index < -0.39 is 12.1 Å². The van der Waals surface area contributed by atoms with Crippen molar-refractivity contribution in [2.45, 2.75) is 32.8 Å². The molecule has 0 unspecified atom stereocenters. The van der Waals surface area contributed by atoms with Crippen molar-refractivity contribution in [3.63, 3.8) is 0 Å². The molecule has 0 bridgehead atoms. The van der Waals surface area contributed by atoms with Crippen LogP contribution in [0.5, 0.6) is 0 Å². The first kappa shape index (κ1) is 9.43. The van der Waals surface area contributed by atoms with Gasteiger partial charge in [-0.25, -0.2) is 4.79 Å². The largest absolute Gasteiger partial charge is 0.479 e. The van der Waals surface area contributed by atoms with Crippen molar-refractivity contribution < 1.29 is 14.6 Å². The second-order valence-corrected chi connectivity index (χ2v) is 2.07. The molecule has 0 saturated carbocycles. The van der Waals surface area contributed by atoms with Crippen LogP contribution < -0.4 is 0 Å². The van der Waals surface area contributed by atoms with Crippen LogP contribution in [0.2, 0.25) is 0 Å². The molecular weight excluding hydrogens is 132 g/mol. The fourth-order valence-corrected chi connectivity index (χ4v) is 0.741. The van der Waals surface area contributed by atoms with Crippen molar-refractivity contribution in [1.82, 2.24) is 0 Å². The normalized spacial score (nSPS) is 13.0. The second kappa shape index (κ2) is 5.23. The molecule has 0 aromatic heterocycles. The standard InChI is InChI=1S/C7H14O3/c1-3-5-6(7(8)9)10-4-2/h6H,3-5H2,1-2H3,(H,8,9)/t6-/m1/s1. The van der Waals surface area contributed by atoms with Crippen molar-refractivity contribution in [2.24, 2.45) is 0 Å². The maximum atomic E-state index is 10.4.